The largest absolute Gasteiger partial charge is 0.464 e. The number of aryl methyl sites for hydroxylation is 1. The van der Waals surface area contributed by atoms with E-state index in [4.69, 9.17) is 16.6 Å². The Labute approximate surface area is 96.2 Å². The van der Waals surface area contributed by atoms with Crippen molar-refractivity contribution in [1.29, 1.82) is 0 Å². The maximum atomic E-state index is 5.50. The molecule has 0 bridgehead atoms. The van der Waals surface area contributed by atoms with Crippen molar-refractivity contribution in [3.05, 3.63) is 23.7 Å². The molecule has 0 aliphatic rings. The lowest BCUT2D eigenvalue weighted by molar-refractivity contribution is 0.442. The molecule has 0 radical (unpaired) electrons. The third kappa shape index (κ3) is 3.91. The van der Waals surface area contributed by atoms with Gasteiger partial charge in [-0.2, -0.15) is 0 Å². The topological polar surface area (TPSA) is 37.2 Å². The van der Waals surface area contributed by atoms with Crippen molar-refractivity contribution in [2.24, 2.45) is 0 Å². The van der Waals surface area contributed by atoms with Gasteiger partial charge in [0.2, 0.25) is 0 Å². The summed E-state index contributed by atoms with van der Waals surface area (Å²) in [6.45, 7) is 6.97. The first-order chi connectivity index (χ1) is 7.13. The third-order valence-corrected chi connectivity index (χ3v) is 2.33. The number of rotatable bonds is 4. The lowest BCUT2D eigenvalue weighted by Gasteiger charge is -2.14. The zero-order chi connectivity index (χ0) is 11.3. The number of hydrogen-bond donors (Lipinski definition) is 2. The Morgan fingerprint density at radius 2 is 2.27 bits per heavy atom. The molecule has 0 saturated heterocycles. The highest BCUT2D eigenvalue weighted by Gasteiger charge is 2.09. The van der Waals surface area contributed by atoms with Crippen molar-refractivity contribution in [3.8, 4) is 0 Å². The van der Waals surface area contributed by atoms with Gasteiger partial charge in [0.25, 0.3) is 0 Å². The highest BCUT2D eigenvalue weighted by Crippen LogP contribution is 2.15. The Balaban J connectivity index is 2.41. The molecule has 0 amide bonds. The fourth-order valence-corrected chi connectivity index (χ4v) is 1.52. The van der Waals surface area contributed by atoms with Gasteiger partial charge in [-0.15, -0.1) is 0 Å². The van der Waals surface area contributed by atoms with Gasteiger partial charge in [-0.05, 0) is 44.6 Å². The maximum Gasteiger partial charge on any atom is 0.166 e. The van der Waals surface area contributed by atoms with Crippen molar-refractivity contribution >= 4 is 17.3 Å². The summed E-state index contributed by atoms with van der Waals surface area (Å²) < 4.78 is 5.50. The standard InChI is InChI=1S/C11H18N2OS/c1-4-7-12-11(15)13-9(3)10-6-5-8(2)14-10/h5-6,9H,4,7H2,1-3H3,(H2,12,13,15). The van der Waals surface area contributed by atoms with Gasteiger partial charge in [0.15, 0.2) is 5.11 Å². The Hall–Kier alpha value is -1.03. The average molecular weight is 226 g/mol. The van der Waals surface area contributed by atoms with Crippen molar-refractivity contribution in [1.82, 2.24) is 10.6 Å². The first-order valence-electron chi connectivity index (χ1n) is 5.24. The molecule has 1 atom stereocenters. The van der Waals surface area contributed by atoms with E-state index < -0.39 is 0 Å². The molecule has 0 fully saturated rings. The van der Waals surface area contributed by atoms with E-state index in [0.717, 1.165) is 24.5 Å². The molecule has 0 saturated carbocycles. The molecule has 0 aliphatic carbocycles. The minimum absolute atomic E-state index is 0.107. The zero-order valence-electron chi connectivity index (χ0n) is 9.46. The van der Waals surface area contributed by atoms with E-state index in [2.05, 4.69) is 17.6 Å². The van der Waals surface area contributed by atoms with E-state index in [1.54, 1.807) is 0 Å². The predicted octanol–water partition coefficient (Wildman–Crippen LogP) is 2.52. The Kier molecular flexibility index (Phi) is 4.62. The summed E-state index contributed by atoms with van der Waals surface area (Å²) in [6, 6.07) is 4.03. The quantitative estimate of drug-likeness (QED) is 0.774. The minimum atomic E-state index is 0.107. The molecule has 2 N–H and O–H groups in total. The summed E-state index contributed by atoms with van der Waals surface area (Å²) in [7, 11) is 0. The normalized spacial score (nSPS) is 12.2. The van der Waals surface area contributed by atoms with Gasteiger partial charge in [-0.3, -0.25) is 0 Å². The second-order valence-electron chi connectivity index (χ2n) is 3.57. The smallest absolute Gasteiger partial charge is 0.166 e. The Bertz CT molecular complexity index is 322. The van der Waals surface area contributed by atoms with Gasteiger partial charge in [0.1, 0.15) is 11.5 Å². The molecule has 0 aliphatic heterocycles. The minimum Gasteiger partial charge on any atom is -0.464 e. The van der Waals surface area contributed by atoms with Gasteiger partial charge < -0.3 is 15.1 Å². The molecule has 3 nitrogen and oxygen atoms in total. The van der Waals surface area contributed by atoms with E-state index in [9.17, 15) is 0 Å². The molecular formula is C11H18N2OS. The Morgan fingerprint density at radius 3 is 2.80 bits per heavy atom. The van der Waals surface area contributed by atoms with Gasteiger partial charge in [-0.25, -0.2) is 0 Å². The lowest BCUT2D eigenvalue weighted by atomic mass is 10.2. The van der Waals surface area contributed by atoms with Crippen LogP contribution in [0.4, 0.5) is 0 Å². The van der Waals surface area contributed by atoms with Crippen LogP contribution in [-0.4, -0.2) is 11.7 Å². The van der Waals surface area contributed by atoms with Crippen LogP contribution in [0, 0.1) is 6.92 Å². The summed E-state index contributed by atoms with van der Waals surface area (Å²) >= 11 is 5.14. The SMILES string of the molecule is CCCNC(=S)NC(C)c1ccc(C)o1. The molecule has 15 heavy (non-hydrogen) atoms. The second kappa shape index (κ2) is 5.75. The molecular weight excluding hydrogens is 208 g/mol. The van der Waals surface area contributed by atoms with Crippen molar-refractivity contribution < 1.29 is 4.42 Å². The highest BCUT2D eigenvalue weighted by atomic mass is 32.1. The number of nitrogens with one attached hydrogen (secondary N) is 2. The zero-order valence-corrected chi connectivity index (χ0v) is 10.3. The van der Waals surface area contributed by atoms with Crippen molar-refractivity contribution in [2.45, 2.75) is 33.2 Å². The predicted molar refractivity (Wildman–Crippen MR) is 65.9 cm³/mol. The number of furan rings is 1. The number of hydrogen-bond acceptors (Lipinski definition) is 2. The first-order valence-corrected chi connectivity index (χ1v) is 5.65. The van der Waals surface area contributed by atoms with E-state index in [1.807, 2.05) is 26.0 Å². The van der Waals surface area contributed by atoms with Crippen molar-refractivity contribution in [2.75, 3.05) is 6.54 Å². The highest BCUT2D eigenvalue weighted by molar-refractivity contribution is 7.80. The third-order valence-electron chi connectivity index (χ3n) is 2.07. The van der Waals surface area contributed by atoms with Crippen LogP contribution < -0.4 is 10.6 Å². The molecule has 1 heterocycles. The summed E-state index contributed by atoms with van der Waals surface area (Å²) in [6.07, 6.45) is 1.07. The fraction of sp³-hybridized carbons (Fsp3) is 0.545. The Morgan fingerprint density at radius 1 is 1.53 bits per heavy atom. The molecule has 84 valence electrons. The van der Waals surface area contributed by atoms with Crippen LogP contribution in [0.15, 0.2) is 16.5 Å². The molecule has 1 aromatic rings. The molecule has 0 spiro atoms. The monoisotopic (exact) mass is 226 g/mol. The van der Waals surface area contributed by atoms with Crippen LogP contribution in [0.1, 0.15) is 37.8 Å². The van der Waals surface area contributed by atoms with Crippen molar-refractivity contribution in [3.63, 3.8) is 0 Å². The fourth-order valence-electron chi connectivity index (χ4n) is 1.24. The summed E-state index contributed by atoms with van der Waals surface area (Å²) in [5.74, 6) is 1.83. The summed E-state index contributed by atoms with van der Waals surface area (Å²) in [4.78, 5) is 0. The molecule has 1 aromatic heterocycles. The van der Waals surface area contributed by atoms with Gasteiger partial charge in [0, 0.05) is 6.54 Å². The summed E-state index contributed by atoms with van der Waals surface area (Å²) in [5, 5.41) is 6.97. The first kappa shape index (κ1) is 12.0. The van der Waals surface area contributed by atoms with E-state index in [0.29, 0.717) is 5.11 Å². The second-order valence-corrected chi connectivity index (χ2v) is 3.98. The molecule has 1 rings (SSSR count). The van der Waals surface area contributed by atoms with Crippen LogP contribution in [0.25, 0.3) is 0 Å². The molecule has 4 heteroatoms. The average Bonchev–Trinajstić information content (AvgIpc) is 2.61. The van der Waals surface area contributed by atoms with Crippen LogP contribution in [0.2, 0.25) is 0 Å². The maximum absolute atomic E-state index is 5.50. The van der Waals surface area contributed by atoms with Crippen LogP contribution in [0.5, 0.6) is 0 Å². The summed E-state index contributed by atoms with van der Waals surface area (Å²) in [5.41, 5.74) is 0. The van der Waals surface area contributed by atoms with Crippen LogP contribution in [-0.2, 0) is 0 Å². The molecule has 0 aromatic carbocycles. The lowest BCUT2D eigenvalue weighted by Crippen LogP contribution is -2.36. The van der Waals surface area contributed by atoms with Gasteiger partial charge in [0.05, 0.1) is 6.04 Å². The van der Waals surface area contributed by atoms with Crippen LogP contribution >= 0.6 is 12.2 Å². The number of thiocarbonyl (C=S) groups is 1. The molecule has 1 unspecified atom stereocenters. The van der Waals surface area contributed by atoms with Gasteiger partial charge >= 0.3 is 0 Å². The van der Waals surface area contributed by atoms with E-state index in [1.165, 1.54) is 0 Å². The van der Waals surface area contributed by atoms with E-state index in [-0.39, 0.29) is 6.04 Å². The van der Waals surface area contributed by atoms with Gasteiger partial charge in [-0.1, -0.05) is 6.92 Å². The van der Waals surface area contributed by atoms with Crippen LogP contribution in [0.3, 0.4) is 0 Å². The van der Waals surface area contributed by atoms with E-state index >= 15 is 0 Å².